The molecule has 2 aliphatic rings. The molecule has 2 saturated heterocycles. The standard InChI is InChI=1S/C28H29N5O6/c1-28(2)38-22-20(15-35-13-18-9-5-3-6-10-18)37-26(23(22)39-28)33-17-31-21-24(29-16-30-25(21)33)32-27(34)36-14-19-11-7-4-8-12-19/h3-12,16-17,20,22-23,26H,13-15H2,1-2H3,(H,29,30,32,34)/t20-,22?,23?,26-/m1/s1. The molecule has 0 radical (unpaired) electrons. The van der Waals surface area contributed by atoms with Crippen LogP contribution in [0.4, 0.5) is 10.6 Å². The molecule has 0 spiro atoms. The van der Waals surface area contributed by atoms with Gasteiger partial charge in [0.25, 0.3) is 0 Å². The van der Waals surface area contributed by atoms with Gasteiger partial charge < -0.3 is 23.7 Å². The molecular formula is C28H29N5O6. The predicted octanol–water partition coefficient (Wildman–Crippen LogP) is 4.21. The van der Waals surface area contributed by atoms with Crippen molar-refractivity contribution < 1.29 is 28.5 Å². The Hall–Kier alpha value is -3.90. The maximum absolute atomic E-state index is 12.5. The smallest absolute Gasteiger partial charge is 0.413 e. The Morgan fingerprint density at radius 3 is 2.38 bits per heavy atom. The Morgan fingerprint density at radius 1 is 0.949 bits per heavy atom. The number of hydrogen-bond acceptors (Lipinski definition) is 9. The van der Waals surface area contributed by atoms with Crippen molar-refractivity contribution in [2.24, 2.45) is 0 Å². The van der Waals surface area contributed by atoms with Crippen molar-refractivity contribution in [3.05, 3.63) is 84.4 Å². The van der Waals surface area contributed by atoms with Crippen molar-refractivity contribution in [3.8, 4) is 0 Å². The number of hydrogen-bond donors (Lipinski definition) is 1. The molecule has 6 rings (SSSR count). The summed E-state index contributed by atoms with van der Waals surface area (Å²) >= 11 is 0. The molecule has 39 heavy (non-hydrogen) atoms. The highest BCUT2D eigenvalue weighted by molar-refractivity contribution is 5.93. The maximum atomic E-state index is 12.5. The average molecular weight is 532 g/mol. The maximum Gasteiger partial charge on any atom is 0.413 e. The molecule has 2 aliphatic heterocycles. The summed E-state index contributed by atoms with van der Waals surface area (Å²) in [4.78, 5) is 25.5. The largest absolute Gasteiger partial charge is 0.444 e. The second-order valence-corrected chi connectivity index (χ2v) is 9.86. The van der Waals surface area contributed by atoms with Gasteiger partial charge in [0.15, 0.2) is 29.0 Å². The van der Waals surface area contributed by atoms with Gasteiger partial charge in [-0.15, -0.1) is 0 Å². The van der Waals surface area contributed by atoms with Gasteiger partial charge in [0.2, 0.25) is 0 Å². The van der Waals surface area contributed by atoms with Crippen molar-refractivity contribution in [1.82, 2.24) is 19.5 Å². The Labute approximate surface area is 225 Å². The number of fused-ring (bicyclic) bond motifs is 2. The van der Waals surface area contributed by atoms with Crippen LogP contribution in [0, 0.1) is 0 Å². The molecule has 0 saturated carbocycles. The van der Waals surface area contributed by atoms with Crippen LogP contribution >= 0.6 is 0 Å². The van der Waals surface area contributed by atoms with E-state index < -0.39 is 24.2 Å². The van der Waals surface area contributed by atoms with Crippen LogP contribution < -0.4 is 5.32 Å². The lowest BCUT2D eigenvalue weighted by atomic mass is 10.1. The number of anilines is 1. The van der Waals surface area contributed by atoms with Gasteiger partial charge in [-0.25, -0.2) is 19.7 Å². The molecule has 4 aromatic rings. The molecule has 2 aromatic heterocycles. The Balaban J connectivity index is 1.17. The second kappa shape index (κ2) is 10.7. The number of amides is 1. The molecule has 1 N–H and O–H groups in total. The van der Waals surface area contributed by atoms with Crippen LogP contribution in [0.3, 0.4) is 0 Å². The quantitative estimate of drug-likeness (QED) is 0.357. The lowest BCUT2D eigenvalue weighted by Crippen LogP contribution is -2.32. The number of carbonyl (C=O) groups is 1. The van der Waals surface area contributed by atoms with Gasteiger partial charge in [0, 0.05) is 0 Å². The molecule has 4 heterocycles. The number of rotatable bonds is 8. The van der Waals surface area contributed by atoms with Gasteiger partial charge in [0.1, 0.15) is 31.2 Å². The predicted molar refractivity (Wildman–Crippen MR) is 139 cm³/mol. The number of nitrogens with zero attached hydrogens (tertiary/aromatic N) is 4. The summed E-state index contributed by atoms with van der Waals surface area (Å²) in [6.07, 6.45) is 0.626. The van der Waals surface area contributed by atoms with Gasteiger partial charge in [-0.05, 0) is 25.0 Å². The van der Waals surface area contributed by atoms with Gasteiger partial charge in [-0.3, -0.25) is 9.88 Å². The van der Waals surface area contributed by atoms with E-state index in [1.54, 1.807) is 10.9 Å². The number of carbonyl (C=O) groups excluding carboxylic acids is 1. The van der Waals surface area contributed by atoms with Gasteiger partial charge in [0.05, 0.1) is 19.5 Å². The SMILES string of the molecule is CC1(C)OC2C(O1)[C@@H](COCc1ccccc1)O[C@H]2n1cnc2c(NC(=O)OCc3ccccc3)ncnc21. The highest BCUT2D eigenvalue weighted by atomic mass is 16.8. The molecule has 0 bridgehead atoms. The number of nitrogens with one attached hydrogen (secondary N) is 1. The first-order valence-electron chi connectivity index (χ1n) is 12.7. The van der Waals surface area contributed by atoms with Gasteiger partial charge in [-0.1, -0.05) is 60.7 Å². The molecular weight excluding hydrogens is 502 g/mol. The lowest BCUT2D eigenvalue weighted by Gasteiger charge is -2.24. The van der Waals surface area contributed by atoms with Crippen molar-refractivity contribution in [1.29, 1.82) is 0 Å². The van der Waals surface area contributed by atoms with E-state index in [0.717, 1.165) is 11.1 Å². The normalized spacial score (nSPS) is 23.5. The molecule has 2 aromatic carbocycles. The van der Waals surface area contributed by atoms with E-state index in [1.165, 1.54) is 6.33 Å². The van der Waals surface area contributed by atoms with Crippen molar-refractivity contribution in [2.75, 3.05) is 11.9 Å². The molecule has 11 nitrogen and oxygen atoms in total. The first-order chi connectivity index (χ1) is 19.0. The third-order valence-electron chi connectivity index (χ3n) is 6.59. The monoisotopic (exact) mass is 531 g/mol. The Bertz CT molecular complexity index is 1430. The molecule has 11 heteroatoms. The minimum Gasteiger partial charge on any atom is -0.444 e. The van der Waals surface area contributed by atoms with E-state index in [4.69, 9.17) is 23.7 Å². The minimum atomic E-state index is -0.782. The second-order valence-electron chi connectivity index (χ2n) is 9.86. The zero-order valence-electron chi connectivity index (χ0n) is 21.6. The summed E-state index contributed by atoms with van der Waals surface area (Å²) in [5.74, 6) is -0.548. The number of benzene rings is 2. The van der Waals surface area contributed by atoms with E-state index >= 15 is 0 Å². The van der Waals surface area contributed by atoms with E-state index in [0.29, 0.717) is 24.4 Å². The molecule has 2 unspecified atom stereocenters. The van der Waals surface area contributed by atoms with Crippen LogP contribution in [0.2, 0.25) is 0 Å². The topological polar surface area (TPSA) is 119 Å². The first kappa shape index (κ1) is 25.4. The molecule has 2 fully saturated rings. The van der Waals surface area contributed by atoms with Crippen molar-refractivity contribution in [2.45, 2.75) is 57.4 Å². The molecule has 202 valence electrons. The highest BCUT2D eigenvalue weighted by Crippen LogP contribution is 2.44. The summed E-state index contributed by atoms with van der Waals surface area (Å²) in [6, 6.07) is 19.4. The van der Waals surface area contributed by atoms with Crippen LogP contribution in [0.25, 0.3) is 11.2 Å². The van der Waals surface area contributed by atoms with Crippen LogP contribution in [-0.2, 0) is 36.9 Å². The summed E-state index contributed by atoms with van der Waals surface area (Å²) in [6.45, 7) is 4.68. The van der Waals surface area contributed by atoms with E-state index in [-0.39, 0.29) is 24.6 Å². The summed E-state index contributed by atoms with van der Waals surface area (Å²) in [7, 11) is 0. The highest BCUT2D eigenvalue weighted by Gasteiger charge is 2.56. The Morgan fingerprint density at radius 2 is 1.64 bits per heavy atom. The van der Waals surface area contributed by atoms with E-state index in [1.807, 2.05) is 74.5 Å². The third kappa shape index (κ3) is 5.48. The number of imidazole rings is 1. The summed E-state index contributed by atoms with van der Waals surface area (Å²) in [5, 5.41) is 2.67. The molecule has 4 atom stereocenters. The van der Waals surface area contributed by atoms with Crippen LogP contribution in [0.15, 0.2) is 73.3 Å². The number of ether oxygens (including phenoxy) is 5. The van der Waals surface area contributed by atoms with Crippen molar-refractivity contribution >= 4 is 23.1 Å². The summed E-state index contributed by atoms with van der Waals surface area (Å²) < 4.78 is 31.9. The van der Waals surface area contributed by atoms with Gasteiger partial charge >= 0.3 is 6.09 Å². The zero-order valence-corrected chi connectivity index (χ0v) is 21.6. The fourth-order valence-corrected chi connectivity index (χ4v) is 4.87. The zero-order chi connectivity index (χ0) is 26.8. The Kier molecular flexibility index (Phi) is 6.96. The van der Waals surface area contributed by atoms with E-state index in [2.05, 4.69) is 20.3 Å². The number of aromatic nitrogens is 4. The third-order valence-corrected chi connectivity index (χ3v) is 6.59. The van der Waals surface area contributed by atoms with Crippen molar-refractivity contribution in [3.63, 3.8) is 0 Å². The van der Waals surface area contributed by atoms with Crippen LogP contribution in [0.1, 0.15) is 31.2 Å². The fourth-order valence-electron chi connectivity index (χ4n) is 4.87. The van der Waals surface area contributed by atoms with Crippen LogP contribution in [-0.4, -0.2) is 56.3 Å². The lowest BCUT2D eigenvalue weighted by molar-refractivity contribution is -0.202. The summed E-state index contributed by atoms with van der Waals surface area (Å²) in [5.41, 5.74) is 2.83. The molecule has 0 aliphatic carbocycles. The van der Waals surface area contributed by atoms with E-state index in [9.17, 15) is 4.79 Å². The van der Waals surface area contributed by atoms with Crippen LogP contribution in [0.5, 0.6) is 0 Å². The van der Waals surface area contributed by atoms with Gasteiger partial charge in [-0.2, -0.15) is 0 Å². The first-order valence-corrected chi connectivity index (χ1v) is 12.7. The fraction of sp³-hybridized carbons (Fsp3) is 0.357. The average Bonchev–Trinajstić information content (AvgIpc) is 3.60. The minimum absolute atomic E-state index is 0.134. The molecule has 1 amide bonds.